The van der Waals surface area contributed by atoms with Gasteiger partial charge in [0.25, 0.3) is 0 Å². The third-order valence-corrected chi connectivity index (χ3v) is 4.78. The standard InChI is InChI=1S/C21H30N2O3/c1-7-8-9-10-18(25)26-17-12-21(5,6)11-16(24)19(17)20-15(4)22-13(2)14(3)23-20/h7-12H2,1-6H3. The summed E-state index contributed by atoms with van der Waals surface area (Å²) >= 11 is 0. The van der Waals surface area contributed by atoms with E-state index in [1.165, 1.54) is 0 Å². The Balaban J connectivity index is 2.44. The highest BCUT2D eigenvalue weighted by molar-refractivity contribution is 6.22. The Kier molecular flexibility index (Phi) is 6.32. The van der Waals surface area contributed by atoms with Gasteiger partial charge in [-0.2, -0.15) is 0 Å². The smallest absolute Gasteiger partial charge is 0.310 e. The van der Waals surface area contributed by atoms with Crippen molar-refractivity contribution in [3.05, 3.63) is 28.5 Å². The summed E-state index contributed by atoms with van der Waals surface area (Å²) in [6.45, 7) is 11.7. The molecule has 26 heavy (non-hydrogen) atoms. The minimum absolute atomic E-state index is 0.0294. The van der Waals surface area contributed by atoms with Crippen molar-refractivity contribution in [1.29, 1.82) is 0 Å². The number of carbonyl (C=O) groups is 2. The molecule has 0 aliphatic heterocycles. The van der Waals surface area contributed by atoms with Crippen LogP contribution in [0.4, 0.5) is 0 Å². The van der Waals surface area contributed by atoms with E-state index in [2.05, 4.69) is 16.9 Å². The second kappa shape index (κ2) is 8.11. The lowest BCUT2D eigenvalue weighted by atomic mass is 9.75. The minimum atomic E-state index is -0.272. The molecule has 2 rings (SSSR count). The van der Waals surface area contributed by atoms with Gasteiger partial charge in [0.05, 0.1) is 28.3 Å². The molecule has 1 aliphatic carbocycles. The number of nitrogens with zero attached hydrogens (tertiary/aromatic N) is 2. The molecule has 0 fully saturated rings. The highest BCUT2D eigenvalue weighted by Gasteiger charge is 2.37. The molecule has 1 aromatic rings. The van der Waals surface area contributed by atoms with Gasteiger partial charge in [-0.3, -0.25) is 14.6 Å². The first-order chi connectivity index (χ1) is 12.1. The van der Waals surface area contributed by atoms with Crippen LogP contribution in [0, 0.1) is 26.2 Å². The molecule has 0 spiro atoms. The van der Waals surface area contributed by atoms with Gasteiger partial charge in [-0.25, -0.2) is 4.98 Å². The Bertz CT molecular complexity index is 748. The Morgan fingerprint density at radius 3 is 2.35 bits per heavy atom. The number of hydrogen-bond donors (Lipinski definition) is 0. The van der Waals surface area contributed by atoms with Gasteiger partial charge >= 0.3 is 5.97 Å². The highest BCUT2D eigenvalue weighted by Crippen LogP contribution is 2.41. The second-order valence-corrected chi connectivity index (χ2v) is 8.00. The first-order valence-electron chi connectivity index (χ1n) is 9.44. The summed E-state index contributed by atoms with van der Waals surface area (Å²) in [5, 5.41) is 0. The number of hydrogen-bond acceptors (Lipinski definition) is 5. The van der Waals surface area contributed by atoms with Crippen LogP contribution in [-0.2, 0) is 14.3 Å². The van der Waals surface area contributed by atoms with Gasteiger partial charge in [0.1, 0.15) is 5.76 Å². The van der Waals surface area contributed by atoms with Crippen LogP contribution in [0.15, 0.2) is 5.76 Å². The average Bonchev–Trinajstić information content (AvgIpc) is 2.50. The highest BCUT2D eigenvalue weighted by atomic mass is 16.5. The zero-order chi connectivity index (χ0) is 19.5. The summed E-state index contributed by atoms with van der Waals surface area (Å²) in [6, 6.07) is 0. The zero-order valence-electron chi connectivity index (χ0n) is 16.9. The van der Waals surface area contributed by atoms with Crippen molar-refractivity contribution >= 4 is 17.3 Å². The molecule has 0 bridgehead atoms. The van der Waals surface area contributed by atoms with E-state index in [4.69, 9.17) is 4.74 Å². The molecule has 0 atom stereocenters. The van der Waals surface area contributed by atoms with Gasteiger partial charge in [-0.05, 0) is 32.6 Å². The summed E-state index contributed by atoms with van der Waals surface area (Å²) in [5.41, 5.74) is 3.06. The molecule has 1 aliphatic rings. The normalized spacial score (nSPS) is 16.8. The van der Waals surface area contributed by atoms with Gasteiger partial charge in [0, 0.05) is 19.3 Å². The zero-order valence-corrected chi connectivity index (χ0v) is 16.9. The number of rotatable bonds is 6. The van der Waals surface area contributed by atoms with Crippen LogP contribution in [0.25, 0.3) is 5.57 Å². The van der Waals surface area contributed by atoms with Crippen LogP contribution in [0.3, 0.4) is 0 Å². The second-order valence-electron chi connectivity index (χ2n) is 8.00. The maximum absolute atomic E-state index is 12.9. The van der Waals surface area contributed by atoms with Gasteiger partial charge in [-0.15, -0.1) is 0 Å². The van der Waals surface area contributed by atoms with Crippen LogP contribution >= 0.6 is 0 Å². The molecule has 0 aromatic carbocycles. The van der Waals surface area contributed by atoms with Gasteiger partial charge in [0.2, 0.25) is 0 Å². The molecule has 0 N–H and O–H groups in total. The maximum atomic E-state index is 12.9. The predicted octanol–water partition coefficient (Wildman–Crippen LogP) is 4.63. The first-order valence-corrected chi connectivity index (χ1v) is 9.44. The van der Waals surface area contributed by atoms with Crippen LogP contribution in [-0.4, -0.2) is 21.7 Å². The van der Waals surface area contributed by atoms with Gasteiger partial charge in [0.15, 0.2) is 5.78 Å². The molecular weight excluding hydrogens is 328 g/mol. The fourth-order valence-corrected chi connectivity index (χ4v) is 3.27. The summed E-state index contributed by atoms with van der Waals surface area (Å²) in [7, 11) is 0. The summed E-state index contributed by atoms with van der Waals surface area (Å²) in [6.07, 6.45) is 4.17. The number of carbonyl (C=O) groups excluding carboxylic acids is 2. The van der Waals surface area contributed by atoms with E-state index in [9.17, 15) is 9.59 Å². The quantitative estimate of drug-likeness (QED) is 0.548. The predicted molar refractivity (Wildman–Crippen MR) is 101 cm³/mol. The summed E-state index contributed by atoms with van der Waals surface area (Å²) in [5.74, 6) is 0.151. The molecule has 0 saturated carbocycles. The molecule has 0 amide bonds. The number of esters is 1. The molecule has 0 radical (unpaired) electrons. The number of ether oxygens (including phenoxy) is 1. The number of aryl methyl sites for hydroxylation is 3. The van der Waals surface area contributed by atoms with Crippen molar-refractivity contribution in [3.63, 3.8) is 0 Å². The molecule has 142 valence electrons. The van der Waals surface area contributed by atoms with Crippen molar-refractivity contribution in [3.8, 4) is 0 Å². The third-order valence-electron chi connectivity index (χ3n) is 4.78. The van der Waals surface area contributed by atoms with E-state index in [1.807, 2.05) is 34.6 Å². The Hall–Kier alpha value is -2.04. The Morgan fingerprint density at radius 2 is 1.69 bits per heavy atom. The fraction of sp³-hybridized carbons (Fsp3) is 0.619. The number of Topliss-reactive ketones (excluding diaryl/α,β-unsaturated/α-hetero) is 1. The molecule has 5 heteroatoms. The first kappa shape index (κ1) is 20.3. The average molecular weight is 358 g/mol. The van der Waals surface area contributed by atoms with Crippen molar-refractivity contribution in [2.45, 2.75) is 80.1 Å². The molecule has 5 nitrogen and oxygen atoms in total. The molecule has 0 unspecified atom stereocenters. The number of ketones is 1. The molecular formula is C21H30N2O3. The lowest BCUT2D eigenvalue weighted by molar-refractivity contribution is -0.140. The molecule has 0 saturated heterocycles. The number of aromatic nitrogens is 2. The van der Waals surface area contributed by atoms with Crippen molar-refractivity contribution in [1.82, 2.24) is 9.97 Å². The van der Waals surface area contributed by atoms with E-state index >= 15 is 0 Å². The number of allylic oxidation sites excluding steroid dienone is 2. The van der Waals surface area contributed by atoms with Crippen LogP contribution in [0.2, 0.25) is 0 Å². The lowest BCUT2D eigenvalue weighted by Gasteiger charge is -2.31. The van der Waals surface area contributed by atoms with Crippen LogP contribution < -0.4 is 0 Å². The Labute approximate surface area is 156 Å². The van der Waals surface area contributed by atoms with Crippen LogP contribution in [0.1, 0.15) is 82.1 Å². The van der Waals surface area contributed by atoms with Crippen molar-refractivity contribution < 1.29 is 14.3 Å². The molecule has 1 heterocycles. The third kappa shape index (κ3) is 4.77. The lowest BCUT2D eigenvalue weighted by Crippen LogP contribution is -2.28. The van der Waals surface area contributed by atoms with E-state index in [1.54, 1.807) is 0 Å². The SMILES string of the molecule is CCCCCC(=O)OC1=C(c2nc(C)c(C)nc2C)C(=O)CC(C)(C)C1. The van der Waals surface area contributed by atoms with Crippen molar-refractivity contribution in [2.75, 3.05) is 0 Å². The van der Waals surface area contributed by atoms with Gasteiger partial charge < -0.3 is 4.74 Å². The Morgan fingerprint density at radius 1 is 1.04 bits per heavy atom. The van der Waals surface area contributed by atoms with E-state index in [0.717, 1.165) is 30.7 Å². The van der Waals surface area contributed by atoms with E-state index in [0.29, 0.717) is 42.0 Å². The summed E-state index contributed by atoms with van der Waals surface area (Å²) in [4.78, 5) is 34.3. The van der Waals surface area contributed by atoms with E-state index < -0.39 is 0 Å². The minimum Gasteiger partial charge on any atom is -0.430 e. The van der Waals surface area contributed by atoms with E-state index in [-0.39, 0.29) is 17.2 Å². The van der Waals surface area contributed by atoms with Crippen LogP contribution in [0.5, 0.6) is 0 Å². The maximum Gasteiger partial charge on any atom is 0.310 e. The summed E-state index contributed by atoms with van der Waals surface area (Å²) < 4.78 is 5.69. The van der Waals surface area contributed by atoms with Gasteiger partial charge in [-0.1, -0.05) is 33.6 Å². The largest absolute Gasteiger partial charge is 0.430 e. The molecule has 1 aromatic heterocycles. The number of unbranched alkanes of at least 4 members (excludes halogenated alkanes) is 2. The monoisotopic (exact) mass is 358 g/mol. The topological polar surface area (TPSA) is 69.2 Å². The van der Waals surface area contributed by atoms with Crippen molar-refractivity contribution in [2.24, 2.45) is 5.41 Å². The fourth-order valence-electron chi connectivity index (χ4n) is 3.27.